The van der Waals surface area contributed by atoms with Gasteiger partial charge in [-0.3, -0.25) is 0 Å². The van der Waals surface area contributed by atoms with Gasteiger partial charge < -0.3 is 9.45 Å². The van der Waals surface area contributed by atoms with Gasteiger partial charge in [-0.2, -0.15) is 4.98 Å². The summed E-state index contributed by atoms with van der Waals surface area (Å²) in [5.74, 6) is 1.96. The van der Waals surface area contributed by atoms with Crippen molar-refractivity contribution in [3.05, 3.63) is 47.3 Å². The second kappa shape index (κ2) is 8.14. The van der Waals surface area contributed by atoms with E-state index in [1.165, 1.54) is 24.2 Å². The molecule has 0 atom stereocenters. The van der Waals surface area contributed by atoms with Crippen LogP contribution in [0.3, 0.4) is 0 Å². The number of rotatable bonds is 4. The summed E-state index contributed by atoms with van der Waals surface area (Å²) in [5.41, 5.74) is 1.73. The van der Waals surface area contributed by atoms with Gasteiger partial charge in [0.1, 0.15) is 39.7 Å². The fourth-order valence-corrected chi connectivity index (χ4v) is 4.97. The number of thioether (sulfide) groups is 1. The third kappa shape index (κ3) is 4.11. The van der Waals surface area contributed by atoms with E-state index in [2.05, 4.69) is 19.9 Å². The van der Waals surface area contributed by atoms with Crippen LogP contribution in [0.1, 0.15) is 5.56 Å². The summed E-state index contributed by atoms with van der Waals surface area (Å²) in [7, 11) is 0. The SMILES string of the molecule is [O-][S+]1CCN(c2nc(Cl)nc3c(SCc4ccccc4F)ncnc23)CC1. The van der Waals surface area contributed by atoms with Crippen molar-refractivity contribution < 1.29 is 8.94 Å². The Bertz CT molecular complexity index is 971. The van der Waals surface area contributed by atoms with E-state index >= 15 is 0 Å². The van der Waals surface area contributed by atoms with Gasteiger partial charge in [0.05, 0.1) is 13.1 Å². The number of benzene rings is 1. The summed E-state index contributed by atoms with van der Waals surface area (Å²) in [6.45, 7) is 1.24. The predicted octanol–water partition coefficient (Wildman–Crippen LogP) is 3.07. The van der Waals surface area contributed by atoms with Crippen LogP contribution in [-0.4, -0.2) is 49.1 Å². The van der Waals surface area contributed by atoms with Crippen LogP contribution in [0.15, 0.2) is 35.6 Å². The molecule has 27 heavy (non-hydrogen) atoms. The fraction of sp³-hybridized carbons (Fsp3) is 0.294. The van der Waals surface area contributed by atoms with Crippen LogP contribution in [0, 0.1) is 5.82 Å². The zero-order valence-corrected chi connectivity index (χ0v) is 16.5. The Morgan fingerprint density at radius 3 is 2.70 bits per heavy atom. The lowest BCUT2D eigenvalue weighted by molar-refractivity contribution is 0.585. The minimum absolute atomic E-state index is 0.103. The van der Waals surface area contributed by atoms with Crippen molar-refractivity contribution in [2.75, 3.05) is 29.5 Å². The molecule has 1 aliphatic heterocycles. The highest BCUT2D eigenvalue weighted by Crippen LogP contribution is 2.31. The normalized spacial score (nSPS) is 15.4. The van der Waals surface area contributed by atoms with Crippen molar-refractivity contribution >= 4 is 51.4 Å². The summed E-state index contributed by atoms with van der Waals surface area (Å²) in [6.07, 6.45) is 1.45. The molecular weight excluding hydrogens is 409 g/mol. The van der Waals surface area contributed by atoms with E-state index < -0.39 is 11.2 Å². The molecule has 1 fully saturated rings. The number of anilines is 1. The van der Waals surface area contributed by atoms with Gasteiger partial charge in [0.15, 0.2) is 5.82 Å². The Morgan fingerprint density at radius 2 is 1.93 bits per heavy atom. The maximum absolute atomic E-state index is 13.9. The summed E-state index contributed by atoms with van der Waals surface area (Å²) < 4.78 is 25.5. The number of hydrogen-bond acceptors (Lipinski definition) is 7. The van der Waals surface area contributed by atoms with Gasteiger partial charge in [0.25, 0.3) is 0 Å². The van der Waals surface area contributed by atoms with E-state index in [9.17, 15) is 8.94 Å². The third-order valence-corrected chi connectivity index (χ3v) is 6.67. The molecule has 1 aliphatic rings. The van der Waals surface area contributed by atoms with Crippen LogP contribution in [0.5, 0.6) is 0 Å². The topological polar surface area (TPSA) is 77.9 Å². The largest absolute Gasteiger partial charge is 0.616 e. The molecule has 3 aromatic rings. The van der Waals surface area contributed by atoms with Crippen molar-refractivity contribution in [2.24, 2.45) is 0 Å². The highest BCUT2D eigenvalue weighted by Gasteiger charge is 2.24. The predicted molar refractivity (Wildman–Crippen MR) is 106 cm³/mol. The number of nitrogens with zero attached hydrogens (tertiary/aromatic N) is 5. The molecule has 0 saturated carbocycles. The van der Waals surface area contributed by atoms with Crippen LogP contribution in [0.25, 0.3) is 11.0 Å². The number of hydrogen-bond donors (Lipinski definition) is 0. The number of aromatic nitrogens is 4. The molecule has 0 N–H and O–H groups in total. The average Bonchev–Trinajstić information content (AvgIpc) is 2.67. The van der Waals surface area contributed by atoms with Gasteiger partial charge >= 0.3 is 0 Å². The summed E-state index contributed by atoms with van der Waals surface area (Å²) in [4.78, 5) is 19.3. The highest BCUT2D eigenvalue weighted by atomic mass is 35.5. The van der Waals surface area contributed by atoms with Crippen molar-refractivity contribution in [3.8, 4) is 0 Å². The van der Waals surface area contributed by atoms with Gasteiger partial charge in [-0.1, -0.05) is 41.1 Å². The van der Waals surface area contributed by atoms with Crippen LogP contribution in [0.2, 0.25) is 5.28 Å². The molecular formula is C17H15ClFN5OS2. The Morgan fingerprint density at radius 1 is 1.15 bits per heavy atom. The molecule has 140 valence electrons. The van der Waals surface area contributed by atoms with Gasteiger partial charge in [0.2, 0.25) is 5.28 Å². The van der Waals surface area contributed by atoms with Crippen molar-refractivity contribution in [1.82, 2.24) is 19.9 Å². The molecule has 0 aliphatic carbocycles. The molecule has 0 spiro atoms. The van der Waals surface area contributed by atoms with Crippen molar-refractivity contribution in [2.45, 2.75) is 10.8 Å². The Kier molecular flexibility index (Phi) is 5.63. The molecule has 0 unspecified atom stereocenters. The maximum atomic E-state index is 13.9. The number of fused-ring (bicyclic) bond motifs is 1. The minimum Gasteiger partial charge on any atom is -0.616 e. The molecule has 2 aromatic heterocycles. The quantitative estimate of drug-likeness (QED) is 0.276. The van der Waals surface area contributed by atoms with E-state index in [4.69, 9.17) is 11.6 Å². The first-order valence-electron chi connectivity index (χ1n) is 8.26. The monoisotopic (exact) mass is 423 g/mol. The van der Waals surface area contributed by atoms with E-state index in [0.29, 0.717) is 57.8 Å². The zero-order chi connectivity index (χ0) is 18.8. The molecule has 10 heteroatoms. The summed E-state index contributed by atoms with van der Waals surface area (Å²) >= 11 is 6.73. The van der Waals surface area contributed by atoms with E-state index in [-0.39, 0.29) is 11.1 Å². The van der Waals surface area contributed by atoms with Crippen molar-refractivity contribution in [1.29, 1.82) is 0 Å². The smallest absolute Gasteiger partial charge is 0.225 e. The Labute approximate surface area is 167 Å². The molecule has 0 amide bonds. The molecule has 0 radical (unpaired) electrons. The molecule has 4 rings (SSSR count). The van der Waals surface area contributed by atoms with Gasteiger partial charge in [-0.15, -0.1) is 0 Å². The Hall–Kier alpha value is -1.68. The highest BCUT2D eigenvalue weighted by molar-refractivity contribution is 7.98. The lowest BCUT2D eigenvalue weighted by Crippen LogP contribution is -2.41. The van der Waals surface area contributed by atoms with Crippen LogP contribution in [-0.2, 0) is 16.9 Å². The summed E-state index contributed by atoms with van der Waals surface area (Å²) in [5, 5.41) is 0.723. The molecule has 6 nitrogen and oxygen atoms in total. The zero-order valence-electron chi connectivity index (χ0n) is 14.1. The maximum Gasteiger partial charge on any atom is 0.225 e. The molecule has 0 bridgehead atoms. The average molecular weight is 424 g/mol. The van der Waals surface area contributed by atoms with E-state index in [1.54, 1.807) is 18.2 Å². The van der Waals surface area contributed by atoms with Crippen molar-refractivity contribution in [3.63, 3.8) is 0 Å². The minimum atomic E-state index is -0.795. The second-order valence-corrected chi connectivity index (χ2v) is 8.91. The van der Waals surface area contributed by atoms with Crippen LogP contribution < -0.4 is 4.90 Å². The fourth-order valence-electron chi connectivity index (χ4n) is 2.82. The molecule has 1 aromatic carbocycles. The molecule has 1 saturated heterocycles. The second-order valence-electron chi connectivity index (χ2n) is 5.91. The first-order valence-corrected chi connectivity index (χ1v) is 11.1. The lowest BCUT2D eigenvalue weighted by atomic mass is 10.2. The standard InChI is InChI=1S/C17H15ClFN5OS2/c18-17-22-14-13(15(23-17)24-5-7-27(25)8-6-24)20-10-21-16(14)26-9-11-3-1-2-4-12(11)19/h1-4,10H,5-9H2. The Balaban J connectivity index is 1.67. The molecule has 3 heterocycles. The van der Waals surface area contributed by atoms with Gasteiger partial charge in [-0.25, -0.2) is 19.3 Å². The lowest BCUT2D eigenvalue weighted by Gasteiger charge is -2.29. The first kappa shape index (κ1) is 18.7. The van der Waals surface area contributed by atoms with E-state index in [1.807, 2.05) is 4.90 Å². The first-order chi connectivity index (χ1) is 13.1. The third-order valence-electron chi connectivity index (χ3n) is 4.20. The van der Waals surface area contributed by atoms with E-state index in [0.717, 1.165) is 0 Å². The van der Waals surface area contributed by atoms with Gasteiger partial charge in [0, 0.05) is 5.75 Å². The van der Waals surface area contributed by atoms with Crippen LogP contribution in [0.4, 0.5) is 10.2 Å². The number of halogens is 2. The summed E-state index contributed by atoms with van der Waals surface area (Å²) in [6, 6.07) is 6.64. The van der Waals surface area contributed by atoms with Crippen LogP contribution >= 0.6 is 23.4 Å². The van der Waals surface area contributed by atoms with Gasteiger partial charge in [-0.05, 0) is 23.2 Å².